The van der Waals surface area contributed by atoms with E-state index < -0.39 is 23.5 Å². The maximum Gasteiger partial charge on any atom is 0.418 e. The van der Waals surface area contributed by atoms with Crippen LogP contribution in [-0.4, -0.2) is 5.11 Å². The van der Waals surface area contributed by atoms with Crippen molar-refractivity contribution in [2.45, 2.75) is 12.3 Å². The first-order valence-corrected chi connectivity index (χ1v) is 5.96. The highest BCUT2D eigenvalue weighted by Gasteiger charge is 2.34. The molecular weight excluding hydrogens is 263 g/mol. The normalized spacial score (nSPS) is 13.6. The minimum absolute atomic E-state index is 0.0762. The van der Waals surface area contributed by atoms with Crippen LogP contribution in [0.3, 0.4) is 0 Å². The van der Waals surface area contributed by atoms with Gasteiger partial charge in [-0.3, -0.25) is 0 Å². The second-order valence-corrected chi connectivity index (χ2v) is 4.70. The lowest BCUT2D eigenvalue weighted by atomic mass is 10.0. The van der Waals surface area contributed by atoms with E-state index in [9.17, 15) is 18.3 Å². The van der Waals surface area contributed by atoms with Crippen LogP contribution in [-0.2, 0) is 6.18 Å². The molecule has 0 amide bonds. The predicted molar refractivity (Wildman–Crippen MR) is 64.2 cm³/mol. The van der Waals surface area contributed by atoms with Gasteiger partial charge in [-0.15, -0.1) is 11.3 Å². The van der Waals surface area contributed by atoms with Crippen molar-refractivity contribution in [1.82, 2.24) is 0 Å². The molecule has 2 rings (SSSR count). The van der Waals surface area contributed by atoms with E-state index in [-0.39, 0.29) is 5.56 Å². The highest BCUT2D eigenvalue weighted by atomic mass is 32.1. The van der Waals surface area contributed by atoms with Gasteiger partial charge in [-0.05, 0) is 17.5 Å². The summed E-state index contributed by atoms with van der Waals surface area (Å²) in [6, 6.07) is 6.91. The summed E-state index contributed by atoms with van der Waals surface area (Å²) in [4.78, 5) is 0.557. The molecular formula is C12H10F3NOS. The topological polar surface area (TPSA) is 46.2 Å². The minimum Gasteiger partial charge on any atom is -0.398 e. The Balaban J connectivity index is 2.47. The van der Waals surface area contributed by atoms with Gasteiger partial charge < -0.3 is 10.8 Å². The Labute approximate surface area is 105 Å². The number of para-hydroxylation sites is 1. The van der Waals surface area contributed by atoms with Gasteiger partial charge in [0.25, 0.3) is 0 Å². The van der Waals surface area contributed by atoms with Crippen molar-refractivity contribution >= 4 is 17.0 Å². The smallest absolute Gasteiger partial charge is 0.398 e. The van der Waals surface area contributed by atoms with Crippen LogP contribution in [0.2, 0.25) is 0 Å². The van der Waals surface area contributed by atoms with Gasteiger partial charge in [-0.25, -0.2) is 0 Å². The van der Waals surface area contributed by atoms with Gasteiger partial charge in [-0.2, -0.15) is 13.2 Å². The minimum atomic E-state index is -4.52. The van der Waals surface area contributed by atoms with Crippen molar-refractivity contribution in [2.24, 2.45) is 0 Å². The molecule has 1 unspecified atom stereocenters. The fourth-order valence-corrected chi connectivity index (χ4v) is 2.40. The summed E-state index contributed by atoms with van der Waals surface area (Å²) < 4.78 is 38.0. The molecule has 1 atom stereocenters. The highest BCUT2D eigenvalue weighted by Crippen LogP contribution is 2.38. The Kier molecular flexibility index (Phi) is 3.32. The number of nitrogens with two attached hydrogens (primary N) is 1. The largest absolute Gasteiger partial charge is 0.418 e. The molecule has 0 aliphatic carbocycles. The average Bonchev–Trinajstić information content (AvgIpc) is 2.80. The average molecular weight is 273 g/mol. The summed E-state index contributed by atoms with van der Waals surface area (Å²) in [5.74, 6) is 0. The molecule has 0 fully saturated rings. The summed E-state index contributed by atoms with van der Waals surface area (Å²) in [6.07, 6.45) is -5.65. The van der Waals surface area contributed by atoms with Crippen LogP contribution in [0, 0.1) is 0 Å². The number of nitrogen functional groups attached to an aromatic ring is 1. The van der Waals surface area contributed by atoms with Crippen LogP contribution < -0.4 is 5.73 Å². The van der Waals surface area contributed by atoms with Crippen molar-refractivity contribution in [1.29, 1.82) is 0 Å². The van der Waals surface area contributed by atoms with E-state index in [4.69, 9.17) is 5.73 Å². The van der Waals surface area contributed by atoms with Gasteiger partial charge in [0, 0.05) is 16.1 Å². The third-order valence-electron chi connectivity index (χ3n) is 2.55. The van der Waals surface area contributed by atoms with Gasteiger partial charge in [-0.1, -0.05) is 18.2 Å². The van der Waals surface area contributed by atoms with Gasteiger partial charge in [0.2, 0.25) is 0 Å². The number of hydrogen-bond acceptors (Lipinski definition) is 3. The monoisotopic (exact) mass is 273 g/mol. The number of thiophene rings is 1. The number of halogens is 3. The Morgan fingerprint density at radius 2 is 1.89 bits per heavy atom. The summed E-state index contributed by atoms with van der Waals surface area (Å²) in [6.45, 7) is 0. The molecule has 3 N–H and O–H groups in total. The molecule has 0 aliphatic rings. The third kappa shape index (κ3) is 2.34. The van der Waals surface area contributed by atoms with Crippen LogP contribution in [0.5, 0.6) is 0 Å². The molecule has 1 aromatic carbocycles. The Morgan fingerprint density at radius 1 is 1.17 bits per heavy atom. The molecule has 1 heterocycles. The summed E-state index contributed by atoms with van der Waals surface area (Å²) in [5, 5.41) is 11.8. The second-order valence-electron chi connectivity index (χ2n) is 3.72. The van der Waals surface area contributed by atoms with Crippen molar-refractivity contribution < 1.29 is 18.3 Å². The molecule has 0 spiro atoms. The van der Waals surface area contributed by atoms with E-state index in [1.807, 2.05) is 0 Å². The lowest BCUT2D eigenvalue weighted by Gasteiger charge is -2.16. The lowest BCUT2D eigenvalue weighted by molar-refractivity contribution is -0.137. The molecule has 6 heteroatoms. The maximum atomic E-state index is 12.7. The number of benzene rings is 1. The number of aliphatic hydroxyl groups excluding tert-OH is 1. The second kappa shape index (κ2) is 4.62. The van der Waals surface area contributed by atoms with Crippen LogP contribution in [0.25, 0.3) is 0 Å². The first kappa shape index (κ1) is 12.9. The number of aliphatic hydroxyl groups is 1. The van der Waals surface area contributed by atoms with Crippen LogP contribution in [0.1, 0.15) is 22.1 Å². The standard InChI is InChI=1S/C12H10F3NOS/c13-12(14,15)8-4-1-3-7(10(8)16)11(17)9-5-2-6-18-9/h1-6,11,17H,16H2. The summed E-state index contributed by atoms with van der Waals surface area (Å²) >= 11 is 1.26. The zero-order valence-electron chi connectivity index (χ0n) is 9.11. The fraction of sp³-hybridized carbons (Fsp3) is 0.167. The molecule has 0 saturated carbocycles. The van der Waals surface area contributed by atoms with Crippen molar-refractivity contribution in [3.63, 3.8) is 0 Å². The van der Waals surface area contributed by atoms with Gasteiger partial charge in [0.15, 0.2) is 0 Å². The van der Waals surface area contributed by atoms with Crippen LogP contribution >= 0.6 is 11.3 Å². The van der Waals surface area contributed by atoms with E-state index in [1.165, 1.54) is 23.5 Å². The van der Waals surface area contributed by atoms with Crippen LogP contribution in [0.15, 0.2) is 35.7 Å². The Bertz CT molecular complexity index is 537. The molecule has 0 radical (unpaired) electrons. The zero-order chi connectivity index (χ0) is 13.3. The summed E-state index contributed by atoms with van der Waals surface area (Å²) in [7, 11) is 0. The number of alkyl halides is 3. The van der Waals surface area contributed by atoms with Gasteiger partial charge >= 0.3 is 6.18 Å². The molecule has 18 heavy (non-hydrogen) atoms. The van der Waals surface area contributed by atoms with Crippen molar-refractivity contribution in [3.05, 3.63) is 51.7 Å². The van der Waals surface area contributed by atoms with E-state index >= 15 is 0 Å². The van der Waals surface area contributed by atoms with E-state index in [1.54, 1.807) is 17.5 Å². The van der Waals surface area contributed by atoms with Gasteiger partial charge in [0.05, 0.1) is 5.56 Å². The lowest BCUT2D eigenvalue weighted by Crippen LogP contribution is -2.12. The molecule has 0 saturated heterocycles. The predicted octanol–water partition coefficient (Wildman–Crippen LogP) is 3.43. The Morgan fingerprint density at radius 3 is 2.44 bits per heavy atom. The third-order valence-corrected chi connectivity index (χ3v) is 3.48. The van der Waals surface area contributed by atoms with E-state index in [0.717, 1.165) is 6.07 Å². The first-order valence-electron chi connectivity index (χ1n) is 5.08. The summed E-state index contributed by atoms with van der Waals surface area (Å²) in [5.41, 5.74) is 4.23. The molecule has 1 aromatic heterocycles. The van der Waals surface area contributed by atoms with Gasteiger partial charge in [0.1, 0.15) is 6.10 Å². The van der Waals surface area contributed by atoms with Crippen molar-refractivity contribution in [3.8, 4) is 0 Å². The van der Waals surface area contributed by atoms with Crippen molar-refractivity contribution in [2.75, 3.05) is 5.73 Å². The first-order chi connectivity index (χ1) is 8.41. The number of anilines is 1. The Hall–Kier alpha value is -1.53. The SMILES string of the molecule is Nc1c(C(O)c2cccs2)cccc1C(F)(F)F. The maximum absolute atomic E-state index is 12.7. The highest BCUT2D eigenvalue weighted by molar-refractivity contribution is 7.10. The molecule has 96 valence electrons. The number of rotatable bonds is 2. The fourth-order valence-electron chi connectivity index (χ4n) is 1.67. The zero-order valence-corrected chi connectivity index (χ0v) is 9.92. The van der Waals surface area contributed by atoms with E-state index in [0.29, 0.717) is 4.88 Å². The van der Waals surface area contributed by atoms with E-state index in [2.05, 4.69) is 0 Å². The van der Waals surface area contributed by atoms with Crippen LogP contribution in [0.4, 0.5) is 18.9 Å². The molecule has 2 nitrogen and oxygen atoms in total. The molecule has 2 aromatic rings. The number of hydrogen-bond donors (Lipinski definition) is 2. The molecule has 0 bridgehead atoms. The molecule has 0 aliphatic heterocycles. The quantitative estimate of drug-likeness (QED) is 0.823.